The maximum Gasteiger partial charge on any atom is 0.00157 e. The van der Waals surface area contributed by atoms with Gasteiger partial charge in [-0.15, -0.1) is 0 Å². The molecule has 0 aromatic carbocycles. The predicted molar refractivity (Wildman–Crippen MR) is 91.0 cm³/mol. The van der Waals surface area contributed by atoms with E-state index in [-0.39, 0.29) is 0 Å². The minimum absolute atomic E-state index is 0.302. The smallest absolute Gasteiger partial charge is 0.00157 e. The van der Waals surface area contributed by atoms with Gasteiger partial charge in [-0.2, -0.15) is 0 Å². The average molecular weight is 277 g/mol. The molecule has 116 valence electrons. The molecule has 0 aliphatic heterocycles. The Morgan fingerprint density at radius 3 is 2.00 bits per heavy atom. The Balaban J connectivity index is 3.16. The van der Waals surface area contributed by atoms with Crippen molar-refractivity contribution in [2.45, 2.75) is 67.2 Å². The van der Waals surface area contributed by atoms with Gasteiger partial charge in [0.15, 0.2) is 0 Å². The van der Waals surface area contributed by atoms with Crippen LogP contribution in [0.5, 0.6) is 0 Å². The fraction of sp³-hybridized carbons (Fsp3) is 0.789. The lowest BCUT2D eigenvalue weighted by Gasteiger charge is -2.35. The number of allylic oxidation sites excluding steroid dienone is 3. The molecule has 0 aromatic rings. The van der Waals surface area contributed by atoms with Crippen LogP contribution in [-0.2, 0) is 0 Å². The second-order valence-electron chi connectivity index (χ2n) is 7.82. The third-order valence-electron chi connectivity index (χ3n) is 5.27. The Morgan fingerprint density at radius 1 is 1.00 bits per heavy atom. The van der Waals surface area contributed by atoms with Crippen LogP contribution >= 0.6 is 0 Å². The van der Waals surface area contributed by atoms with Crippen molar-refractivity contribution in [1.29, 1.82) is 0 Å². The third kappa shape index (κ3) is 3.75. The van der Waals surface area contributed by atoms with E-state index in [0.717, 1.165) is 6.54 Å². The zero-order valence-electron chi connectivity index (χ0n) is 15.1. The summed E-state index contributed by atoms with van der Waals surface area (Å²) < 4.78 is 0. The molecule has 0 aromatic heterocycles. The van der Waals surface area contributed by atoms with Crippen LogP contribution in [0.25, 0.3) is 0 Å². The summed E-state index contributed by atoms with van der Waals surface area (Å²) in [5.74, 6) is 0. The highest BCUT2D eigenvalue weighted by Crippen LogP contribution is 2.49. The van der Waals surface area contributed by atoms with E-state index in [2.05, 4.69) is 66.6 Å². The standard InChI is InChI=1S/C19H35N/c1-9-18(3,4)16-12-11-15(13-14-20(7)8)17(16)19(5,6)10-2/h11H,9-10,12-14H2,1-8H3. The summed E-state index contributed by atoms with van der Waals surface area (Å²) in [6.07, 6.45) is 7.30. The molecule has 0 unspecified atom stereocenters. The van der Waals surface area contributed by atoms with Crippen LogP contribution in [0.15, 0.2) is 22.8 Å². The first-order chi connectivity index (χ1) is 9.15. The molecular formula is C19H35N. The molecule has 1 aliphatic carbocycles. The van der Waals surface area contributed by atoms with E-state index in [4.69, 9.17) is 0 Å². The Hall–Kier alpha value is -0.560. The molecular weight excluding hydrogens is 242 g/mol. The highest BCUT2D eigenvalue weighted by molar-refractivity contribution is 5.48. The lowest BCUT2D eigenvalue weighted by Crippen LogP contribution is -2.23. The molecule has 0 saturated carbocycles. The molecule has 0 heterocycles. The van der Waals surface area contributed by atoms with Crippen LogP contribution in [0.3, 0.4) is 0 Å². The van der Waals surface area contributed by atoms with Gasteiger partial charge < -0.3 is 4.90 Å². The molecule has 20 heavy (non-hydrogen) atoms. The van der Waals surface area contributed by atoms with Gasteiger partial charge in [0.25, 0.3) is 0 Å². The van der Waals surface area contributed by atoms with Crippen molar-refractivity contribution in [3.05, 3.63) is 22.8 Å². The topological polar surface area (TPSA) is 3.24 Å². The summed E-state index contributed by atoms with van der Waals surface area (Å²) in [6.45, 7) is 15.5. The van der Waals surface area contributed by atoms with Gasteiger partial charge in [0.2, 0.25) is 0 Å². The monoisotopic (exact) mass is 277 g/mol. The van der Waals surface area contributed by atoms with E-state index < -0.39 is 0 Å². The summed E-state index contributed by atoms with van der Waals surface area (Å²) >= 11 is 0. The number of hydrogen-bond acceptors (Lipinski definition) is 1. The number of hydrogen-bond donors (Lipinski definition) is 0. The Bertz CT molecular complexity index is 394. The highest BCUT2D eigenvalue weighted by atomic mass is 15.0. The van der Waals surface area contributed by atoms with Crippen LogP contribution in [0.2, 0.25) is 0 Å². The fourth-order valence-electron chi connectivity index (χ4n) is 3.04. The van der Waals surface area contributed by atoms with E-state index in [1.165, 1.54) is 25.7 Å². The molecule has 0 bridgehead atoms. The van der Waals surface area contributed by atoms with Crippen LogP contribution in [0.1, 0.15) is 67.2 Å². The van der Waals surface area contributed by atoms with Gasteiger partial charge >= 0.3 is 0 Å². The van der Waals surface area contributed by atoms with Crippen molar-refractivity contribution >= 4 is 0 Å². The van der Waals surface area contributed by atoms with Crippen molar-refractivity contribution in [2.24, 2.45) is 10.8 Å². The molecule has 0 atom stereocenters. The first kappa shape index (κ1) is 17.5. The van der Waals surface area contributed by atoms with Crippen LogP contribution in [0.4, 0.5) is 0 Å². The van der Waals surface area contributed by atoms with E-state index in [0.29, 0.717) is 10.8 Å². The van der Waals surface area contributed by atoms with Gasteiger partial charge in [-0.05, 0) is 61.8 Å². The summed E-state index contributed by atoms with van der Waals surface area (Å²) in [7, 11) is 4.33. The van der Waals surface area contributed by atoms with Crippen molar-refractivity contribution in [3.8, 4) is 0 Å². The minimum atomic E-state index is 0.302. The maximum atomic E-state index is 2.50. The van der Waals surface area contributed by atoms with Crippen molar-refractivity contribution in [2.75, 3.05) is 20.6 Å². The summed E-state index contributed by atoms with van der Waals surface area (Å²) in [6, 6.07) is 0. The summed E-state index contributed by atoms with van der Waals surface area (Å²) in [4.78, 5) is 2.29. The molecule has 0 N–H and O–H groups in total. The van der Waals surface area contributed by atoms with Gasteiger partial charge in [0.1, 0.15) is 0 Å². The van der Waals surface area contributed by atoms with Crippen LogP contribution < -0.4 is 0 Å². The van der Waals surface area contributed by atoms with Crippen LogP contribution in [0, 0.1) is 10.8 Å². The van der Waals surface area contributed by atoms with Crippen molar-refractivity contribution in [1.82, 2.24) is 4.90 Å². The van der Waals surface area contributed by atoms with Gasteiger partial charge in [-0.1, -0.05) is 53.2 Å². The fourth-order valence-corrected chi connectivity index (χ4v) is 3.04. The predicted octanol–water partition coefficient (Wildman–Crippen LogP) is 5.44. The first-order valence-electron chi connectivity index (χ1n) is 8.24. The Kier molecular flexibility index (Phi) is 5.66. The van der Waals surface area contributed by atoms with Gasteiger partial charge in [0.05, 0.1) is 0 Å². The molecule has 0 radical (unpaired) electrons. The average Bonchev–Trinajstić information content (AvgIpc) is 2.81. The summed E-state index contributed by atoms with van der Waals surface area (Å²) in [5, 5.41) is 0. The molecule has 0 amide bonds. The Morgan fingerprint density at radius 2 is 1.55 bits per heavy atom. The van der Waals surface area contributed by atoms with Gasteiger partial charge in [-0.3, -0.25) is 0 Å². The molecule has 1 aliphatic rings. The Labute approximate surface area is 127 Å². The van der Waals surface area contributed by atoms with Crippen LogP contribution in [-0.4, -0.2) is 25.5 Å². The third-order valence-corrected chi connectivity index (χ3v) is 5.27. The molecule has 1 rings (SSSR count). The SMILES string of the molecule is CCC(C)(C)C1=C(C(C)(C)CC)C(CCN(C)C)=CC1. The van der Waals surface area contributed by atoms with E-state index in [1.54, 1.807) is 16.7 Å². The van der Waals surface area contributed by atoms with Crippen molar-refractivity contribution < 1.29 is 0 Å². The van der Waals surface area contributed by atoms with E-state index in [1.807, 2.05) is 0 Å². The minimum Gasteiger partial charge on any atom is -0.309 e. The molecule has 0 fully saturated rings. The molecule has 0 spiro atoms. The quantitative estimate of drug-likeness (QED) is 0.599. The lowest BCUT2D eigenvalue weighted by molar-refractivity contribution is 0.376. The molecule has 1 nitrogen and oxygen atoms in total. The largest absolute Gasteiger partial charge is 0.309 e. The highest BCUT2D eigenvalue weighted by Gasteiger charge is 2.35. The lowest BCUT2D eigenvalue weighted by atomic mass is 9.70. The molecule has 1 heteroatoms. The zero-order chi connectivity index (χ0) is 15.6. The van der Waals surface area contributed by atoms with Gasteiger partial charge in [0, 0.05) is 6.54 Å². The van der Waals surface area contributed by atoms with E-state index in [9.17, 15) is 0 Å². The normalized spacial score (nSPS) is 17.1. The van der Waals surface area contributed by atoms with Crippen molar-refractivity contribution in [3.63, 3.8) is 0 Å². The molecule has 0 saturated heterocycles. The summed E-state index contributed by atoms with van der Waals surface area (Å²) in [5.41, 5.74) is 5.62. The number of rotatable bonds is 7. The van der Waals surface area contributed by atoms with E-state index >= 15 is 0 Å². The first-order valence-corrected chi connectivity index (χ1v) is 8.24. The number of nitrogens with zero attached hydrogens (tertiary/aromatic N) is 1. The van der Waals surface area contributed by atoms with Gasteiger partial charge in [-0.25, -0.2) is 0 Å². The zero-order valence-corrected chi connectivity index (χ0v) is 15.1. The maximum absolute atomic E-state index is 2.50. The second-order valence-corrected chi connectivity index (χ2v) is 7.82. The second kappa shape index (κ2) is 6.47.